The number of rotatable bonds is 4. The van der Waals surface area contributed by atoms with Crippen LogP contribution in [0.1, 0.15) is 11.7 Å². The largest absolute Gasteiger partial charge is 0.375 e. The zero-order valence-corrected chi connectivity index (χ0v) is 9.69. The van der Waals surface area contributed by atoms with Crippen molar-refractivity contribution in [1.29, 1.82) is 0 Å². The molecule has 0 saturated heterocycles. The van der Waals surface area contributed by atoms with Crippen LogP contribution in [0.3, 0.4) is 0 Å². The summed E-state index contributed by atoms with van der Waals surface area (Å²) < 4.78 is 5.31. The summed E-state index contributed by atoms with van der Waals surface area (Å²) in [6.07, 6.45) is -0.0637. The molecule has 4 heteroatoms. The number of methoxy groups -OCH3 is 1. The molecule has 1 rings (SSSR count). The van der Waals surface area contributed by atoms with Crippen LogP contribution < -0.4 is 5.32 Å². The van der Waals surface area contributed by atoms with Crippen LogP contribution in [0.15, 0.2) is 18.2 Å². The quantitative estimate of drug-likeness (QED) is 0.864. The zero-order valence-electron chi connectivity index (χ0n) is 8.18. The van der Waals surface area contributed by atoms with E-state index in [-0.39, 0.29) is 6.10 Å². The first-order valence-electron chi connectivity index (χ1n) is 4.31. The maximum absolute atomic E-state index is 6.04. The smallest absolute Gasteiger partial charge is 0.0960 e. The van der Waals surface area contributed by atoms with Crippen LogP contribution in [0.25, 0.3) is 0 Å². The van der Waals surface area contributed by atoms with Gasteiger partial charge in [0.05, 0.1) is 6.10 Å². The van der Waals surface area contributed by atoms with Crippen LogP contribution in [-0.2, 0) is 4.74 Å². The summed E-state index contributed by atoms with van der Waals surface area (Å²) in [5.74, 6) is 0. The Morgan fingerprint density at radius 2 is 2.14 bits per heavy atom. The van der Waals surface area contributed by atoms with Crippen LogP contribution >= 0.6 is 23.2 Å². The molecule has 1 unspecified atom stereocenters. The fourth-order valence-corrected chi connectivity index (χ4v) is 1.69. The molecule has 0 aromatic heterocycles. The lowest BCUT2D eigenvalue weighted by Gasteiger charge is -2.16. The van der Waals surface area contributed by atoms with Gasteiger partial charge in [-0.3, -0.25) is 0 Å². The van der Waals surface area contributed by atoms with Crippen molar-refractivity contribution in [1.82, 2.24) is 5.32 Å². The minimum absolute atomic E-state index is 0.0637. The number of benzene rings is 1. The van der Waals surface area contributed by atoms with Crippen molar-refractivity contribution in [3.63, 3.8) is 0 Å². The van der Waals surface area contributed by atoms with Crippen LogP contribution in [0.4, 0.5) is 0 Å². The van der Waals surface area contributed by atoms with Gasteiger partial charge in [0.25, 0.3) is 0 Å². The minimum atomic E-state index is -0.0637. The number of ether oxygens (including phenoxy) is 1. The third-order valence-electron chi connectivity index (χ3n) is 1.98. The first-order valence-corrected chi connectivity index (χ1v) is 5.07. The van der Waals surface area contributed by atoms with E-state index in [1.54, 1.807) is 19.2 Å². The van der Waals surface area contributed by atoms with E-state index in [1.807, 2.05) is 13.1 Å². The van der Waals surface area contributed by atoms with Gasteiger partial charge in [0.1, 0.15) is 0 Å². The summed E-state index contributed by atoms with van der Waals surface area (Å²) in [6, 6.07) is 5.37. The number of nitrogens with one attached hydrogen (secondary N) is 1. The van der Waals surface area contributed by atoms with E-state index >= 15 is 0 Å². The standard InChI is InChI=1S/C10H13Cl2NO/c1-13-6-10(14-2)8-5-7(11)3-4-9(8)12/h3-5,10,13H,6H2,1-2H3. The average Bonchev–Trinajstić information content (AvgIpc) is 2.18. The molecule has 1 atom stereocenters. The Balaban J connectivity index is 2.96. The normalized spacial score (nSPS) is 12.9. The molecule has 2 nitrogen and oxygen atoms in total. The van der Waals surface area contributed by atoms with Crippen molar-refractivity contribution >= 4 is 23.2 Å². The van der Waals surface area contributed by atoms with E-state index in [0.717, 1.165) is 5.56 Å². The fourth-order valence-electron chi connectivity index (χ4n) is 1.27. The summed E-state index contributed by atoms with van der Waals surface area (Å²) >= 11 is 11.9. The van der Waals surface area contributed by atoms with Gasteiger partial charge in [-0.2, -0.15) is 0 Å². The molecule has 1 N–H and O–H groups in total. The molecule has 0 saturated carbocycles. The third-order valence-corrected chi connectivity index (χ3v) is 2.56. The van der Waals surface area contributed by atoms with E-state index in [0.29, 0.717) is 16.6 Å². The molecule has 0 aliphatic carbocycles. The molecule has 0 fully saturated rings. The molecule has 78 valence electrons. The SMILES string of the molecule is CNCC(OC)c1cc(Cl)ccc1Cl. The van der Waals surface area contributed by atoms with E-state index in [4.69, 9.17) is 27.9 Å². The van der Waals surface area contributed by atoms with Gasteiger partial charge in [0.15, 0.2) is 0 Å². The van der Waals surface area contributed by atoms with Gasteiger partial charge >= 0.3 is 0 Å². The highest BCUT2D eigenvalue weighted by Crippen LogP contribution is 2.27. The Labute approximate surface area is 94.2 Å². The van der Waals surface area contributed by atoms with E-state index in [1.165, 1.54) is 0 Å². The molecule has 0 spiro atoms. The predicted molar refractivity (Wildman–Crippen MR) is 60.1 cm³/mol. The predicted octanol–water partition coefficient (Wildman–Crippen LogP) is 2.90. The molecule has 0 aliphatic rings. The van der Waals surface area contributed by atoms with Crippen molar-refractivity contribution in [2.75, 3.05) is 20.7 Å². The van der Waals surface area contributed by atoms with Crippen LogP contribution in [0.5, 0.6) is 0 Å². The van der Waals surface area contributed by atoms with Gasteiger partial charge in [-0.25, -0.2) is 0 Å². The summed E-state index contributed by atoms with van der Waals surface area (Å²) in [6.45, 7) is 0.705. The van der Waals surface area contributed by atoms with E-state index in [2.05, 4.69) is 5.32 Å². The molecule has 1 aromatic carbocycles. The Morgan fingerprint density at radius 1 is 1.43 bits per heavy atom. The summed E-state index contributed by atoms with van der Waals surface area (Å²) in [4.78, 5) is 0. The van der Waals surface area contributed by atoms with E-state index < -0.39 is 0 Å². The summed E-state index contributed by atoms with van der Waals surface area (Å²) in [7, 11) is 3.52. The molecule has 14 heavy (non-hydrogen) atoms. The Kier molecular flexibility index (Phi) is 4.69. The molecule has 0 amide bonds. The lowest BCUT2D eigenvalue weighted by atomic mass is 10.1. The number of likely N-dealkylation sites (N-methyl/N-ethyl adjacent to an activating group) is 1. The van der Waals surface area contributed by atoms with Gasteiger partial charge in [-0.1, -0.05) is 23.2 Å². The molecule has 0 heterocycles. The molecule has 0 radical (unpaired) electrons. The van der Waals surface area contributed by atoms with Gasteiger partial charge in [0.2, 0.25) is 0 Å². The number of hydrogen-bond acceptors (Lipinski definition) is 2. The lowest BCUT2D eigenvalue weighted by molar-refractivity contribution is 0.104. The Morgan fingerprint density at radius 3 is 2.71 bits per heavy atom. The van der Waals surface area contributed by atoms with E-state index in [9.17, 15) is 0 Å². The highest BCUT2D eigenvalue weighted by Gasteiger charge is 2.13. The molecular weight excluding hydrogens is 221 g/mol. The topological polar surface area (TPSA) is 21.3 Å². The zero-order chi connectivity index (χ0) is 10.6. The van der Waals surface area contributed by atoms with Crippen molar-refractivity contribution in [2.24, 2.45) is 0 Å². The van der Waals surface area contributed by atoms with Crippen molar-refractivity contribution < 1.29 is 4.74 Å². The molecule has 0 aliphatic heterocycles. The van der Waals surface area contributed by atoms with Crippen LogP contribution in [0.2, 0.25) is 10.0 Å². The minimum Gasteiger partial charge on any atom is -0.375 e. The average molecular weight is 234 g/mol. The van der Waals surface area contributed by atoms with Crippen LogP contribution in [-0.4, -0.2) is 20.7 Å². The maximum atomic E-state index is 6.04. The maximum Gasteiger partial charge on any atom is 0.0960 e. The van der Waals surface area contributed by atoms with Crippen molar-refractivity contribution in [3.8, 4) is 0 Å². The van der Waals surface area contributed by atoms with Gasteiger partial charge < -0.3 is 10.1 Å². The molecular formula is C10H13Cl2NO. The second kappa shape index (κ2) is 5.56. The Hall–Kier alpha value is -0.280. The highest BCUT2D eigenvalue weighted by atomic mass is 35.5. The first kappa shape index (κ1) is 11.8. The summed E-state index contributed by atoms with van der Waals surface area (Å²) in [5.41, 5.74) is 0.913. The van der Waals surface area contributed by atoms with Crippen LogP contribution in [0, 0.1) is 0 Å². The number of halogens is 2. The first-order chi connectivity index (χ1) is 6.69. The summed E-state index contributed by atoms with van der Waals surface area (Å²) in [5, 5.41) is 4.38. The van der Waals surface area contributed by atoms with Crippen molar-refractivity contribution in [3.05, 3.63) is 33.8 Å². The van der Waals surface area contributed by atoms with Crippen molar-refractivity contribution in [2.45, 2.75) is 6.10 Å². The second-order valence-electron chi connectivity index (χ2n) is 2.95. The van der Waals surface area contributed by atoms with Gasteiger partial charge in [-0.05, 0) is 25.2 Å². The monoisotopic (exact) mass is 233 g/mol. The van der Waals surface area contributed by atoms with Gasteiger partial charge in [0, 0.05) is 29.3 Å². The third kappa shape index (κ3) is 2.85. The molecule has 0 bridgehead atoms. The van der Waals surface area contributed by atoms with Gasteiger partial charge in [-0.15, -0.1) is 0 Å². The molecule has 1 aromatic rings. The highest BCUT2D eigenvalue weighted by molar-refractivity contribution is 6.33. The Bertz CT molecular complexity index is 304. The lowest BCUT2D eigenvalue weighted by Crippen LogP contribution is -2.18. The second-order valence-corrected chi connectivity index (χ2v) is 3.79. The fraction of sp³-hybridized carbons (Fsp3) is 0.400. The number of hydrogen-bond donors (Lipinski definition) is 1.